The van der Waals surface area contributed by atoms with Crippen LogP contribution in [0.5, 0.6) is 5.75 Å². The van der Waals surface area contributed by atoms with Crippen LogP contribution in [0.1, 0.15) is 45.7 Å². The summed E-state index contributed by atoms with van der Waals surface area (Å²) in [7, 11) is 1.82. The van der Waals surface area contributed by atoms with Crippen LogP contribution in [0.2, 0.25) is 0 Å². The van der Waals surface area contributed by atoms with Gasteiger partial charge in [-0.3, -0.25) is 4.79 Å². The van der Waals surface area contributed by atoms with Gasteiger partial charge in [-0.25, -0.2) is 0 Å². The minimum absolute atomic E-state index is 0.0287. The molecule has 0 bridgehead atoms. The lowest BCUT2D eigenvalue weighted by Gasteiger charge is -2.27. The van der Waals surface area contributed by atoms with Gasteiger partial charge in [-0.05, 0) is 36.5 Å². The number of amides is 1. The predicted octanol–water partition coefficient (Wildman–Crippen LogP) is 3.59. The summed E-state index contributed by atoms with van der Waals surface area (Å²) < 4.78 is 0. The van der Waals surface area contributed by atoms with E-state index in [0.29, 0.717) is 18.3 Å². The molecular formula is C16H25NO2. The molecule has 0 unspecified atom stereocenters. The normalized spacial score (nSPS) is 14.2. The van der Waals surface area contributed by atoms with E-state index in [9.17, 15) is 9.90 Å². The van der Waals surface area contributed by atoms with Gasteiger partial charge < -0.3 is 10.0 Å². The summed E-state index contributed by atoms with van der Waals surface area (Å²) in [5, 5.41) is 9.50. The van der Waals surface area contributed by atoms with Crippen molar-refractivity contribution in [3.05, 3.63) is 29.8 Å². The van der Waals surface area contributed by atoms with E-state index in [0.717, 1.165) is 5.56 Å². The number of phenolic OH excluding ortho intramolecular Hbond substituents is 1. The highest BCUT2D eigenvalue weighted by Crippen LogP contribution is 2.24. The van der Waals surface area contributed by atoms with Crippen LogP contribution in [-0.4, -0.2) is 23.0 Å². The van der Waals surface area contributed by atoms with Gasteiger partial charge in [0.05, 0.1) is 6.04 Å². The maximum absolute atomic E-state index is 12.2. The van der Waals surface area contributed by atoms with E-state index >= 15 is 0 Å². The third-order valence-corrected chi connectivity index (χ3v) is 3.96. The first-order valence-electron chi connectivity index (χ1n) is 6.87. The lowest BCUT2D eigenvalue weighted by Crippen LogP contribution is -2.31. The average molecular weight is 263 g/mol. The second kappa shape index (κ2) is 6.60. The molecule has 0 radical (unpaired) electrons. The summed E-state index contributed by atoms with van der Waals surface area (Å²) in [5.74, 6) is 1.28. The van der Waals surface area contributed by atoms with Crippen LogP contribution in [0.3, 0.4) is 0 Å². The molecule has 1 rings (SSSR count). The van der Waals surface area contributed by atoms with E-state index in [4.69, 9.17) is 0 Å². The third kappa shape index (κ3) is 4.27. The van der Waals surface area contributed by atoms with Crippen LogP contribution in [0.15, 0.2) is 24.3 Å². The van der Waals surface area contributed by atoms with Gasteiger partial charge in [0.1, 0.15) is 5.75 Å². The van der Waals surface area contributed by atoms with Crippen molar-refractivity contribution in [3.8, 4) is 5.75 Å². The van der Waals surface area contributed by atoms with E-state index in [2.05, 4.69) is 20.8 Å². The summed E-state index contributed by atoms with van der Waals surface area (Å²) in [6, 6.07) is 7.05. The molecule has 1 aromatic carbocycles. The molecule has 19 heavy (non-hydrogen) atoms. The van der Waals surface area contributed by atoms with Crippen LogP contribution in [0, 0.1) is 11.8 Å². The molecule has 0 saturated heterocycles. The van der Waals surface area contributed by atoms with Crippen molar-refractivity contribution >= 4 is 5.91 Å². The van der Waals surface area contributed by atoms with Gasteiger partial charge in [-0.2, -0.15) is 0 Å². The topological polar surface area (TPSA) is 40.5 Å². The van der Waals surface area contributed by atoms with Gasteiger partial charge in [-0.1, -0.05) is 32.9 Å². The zero-order valence-electron chi connectivity index (χ0n) is 12.6. The smallest absolute Gasteiger partial charge is 0.223 e. The van der Waals surface area contributed by atoms with Crippen LogP contribution < -0.4 is 0 Å². The summed E-state index contributed by atoms with van der Waals surface area (Å²) in [6.07, 6.45) is 0.567. The molecule has 0 aliphatic heterocycles. The number of rotatable bonds is 5. The van der Waals surface area contributed by atoms with E-state index in [1.807, 2.05) is 20.0 Å². The van der Waals surface area contributed by atoms with E-state index in [-0.39, 0.29) is 17.7 Å². The molecule has 0 saturated carbocycles. The van der Waals surface area contributed by atoms with Gasteiger partial charge in [0.2, 0.25) is 5.91 Å². The molecule has 1 N–H and O–H groups in total. The molecule has 0 spiro atoms. The molecule has 2 atom stereocenters. The minimum atomic E-state index is -0.0287. The Kier molecular flexibility index (Phi) is 5.40. The molecule has 106 valence electrons. The molecular weight excluding hydrogens is 238 g/mol. The van der Waals surface area contributed by atoms with E-state index in [1.54, 1.807) is 23.1 Å². The third-order valence-electron chi connectivity index (χ3n) is 3.96. The Balaban J connectivity index is 2.71. The van der Waals surface area contributed by atoms with Crippen LogP contribution in [0.25, 0.3) is 0 Å². The highest BCUT2D eigenvalue weighted by molar-refractivity contribution is 5.76. The summed E-state index contributed by atoms with van der Waals surface area (Å²) in [6.45, 7) is 8.36. The first-order valence-corrected chi connectivity index (χ1v) is 6.87. The highest BCUT2D eigenvalue weighted by atomic mass is 16.3. The molecule has 0 fully saturated rings. The van der Waals surface area contributed by atoms with Crippen molar-refractivity contribution in [2.24, 2.45) is 11.8 Å². The van der Waals surface area contributed by atoms with Crippen molar-refractivity contribution < 1.29 is 9.90 Å². The lowest BCUT2D eigenvalue weighted by atomic mass is 9.94. The maximum Gasteiger partial charge on any atom is 0.223 e. The number of hydrogen-bond acceptors (Lipinski definition) is 2. The second-order valence-corrected chi connectivity index (χ2v) is 5.70. The van der Waals surface area contributed by atoms with Gasteiger partial charge in [0, 0.05) is 13.5 Å². The Morgan fingerprint density at radius 3 is 2.42 bits per heavy atom. The van der Waals surface area contributed by atoms with Crippen molar-refractivity contribution in [2.75, 3.05) is 7.05 Å². The monoisotopic (exact) mass is 263 g/mol. The molecule has 0 aliphatic rings. The Morgan fingerprint density at radius 1 is 1.26 bits per heavy atom. The fraction of sp³-hybridized carbons (Fsp3) is 0.562. The standard InChI is InChI=1S/C16H25NO2/c1-11(2)12(3)9-16(19)17(5)13(4)14-7-6-8-15(18)10-14/h6-8,10-13,18H,9H2,1-5H3/t12-,13+/m0/s1. The molecule has 0 aliphatic carbocycles. The van der Waals surface area contributed by atoms with Crippen LogP contribution in [-0.2, 0) is 4.79 Å². The molecule has 3 heteroatoms. The number of carbonyl (C=O) groups is 1. The van der Waals surface area contributed by atoms with Crippen molar-refractivity contribution in [1.29, 1.82) is 0 Å². The van der Waals surface area contributed by atoms with Crippen molar-refractivity contribution in [1.82, 2.24) is 4.90 Å². The SMILES string of the molecule is CC(C)[C@@H](C)CC(=O)N(C)[C@H](C)c1cccc(O)c1. The molecule has 1 aromatic rings. The maximum atomic E-state index is 12.2. The number of hydrogen-bond donors (Lipinski definition) is 1. The predicted molar refractivity (Wildman–Crippen MR) is 77.9 cm³/mol. The minimum Gasteiger partial charge on any atom is -0.508 e. The zero-order chi connectivity index (χ0) is 14.6. The Hall–Kier alpha value is -1.51. The summed E-state index contributed by atoms with van der Waals surface area (Å²) >= 11 is 0. The Labute approximate surface area is 116 Å². The highest BCUT2D eigenvalue weighted by Gasteiger charge is 2.20. The van der Waals surface area contributed by atoms with Gasteiger partial charge in [0.25, 0.3) is 0 Å². The van der Waals surface area contributed by atoms with Crippen LogP contribution >= 0.6 is 0 Å². The van der Waals surface area contributed by atoms with E-state index < -0.39 is 0 Å². The van der Waals surface area contributed by atoms with Gasteiger partial charge >= 0.3 is 0 Å². The Morgan fingerprint density at radius 2 is 1.89 bits per heavy atom. The Bertz CT molecular complexity index is 429. The quantitative estimate of drug-likeness (QED) is 0.882. The lowest BCUT2D eigenvalue weighted by molar-refractivity contribution is -0.133. The number of phenols is 1. The largest absolute Gasteiger partial charge is 0.508 e. The van der Waals surface area contributed by atoms with Crippen molar-refractivity contribution in [2.45, 2.75) is 40.2 Å². The van der Waals surface area contributed by atoms with Gasteiger partial charge in [-0.15, -0.1) is 0 Å². The summed E-state index contributed by atoms with van der Waals surface area (Å²) in [4.78, 5) is 14.0. The molecule has 3 nitrogen and oxygen atoms in total. The number of carbonyl (C=O) groups excluding carboxylic acids is 1. The fourth-order valence-corrected chi connectivity index (χ4v) is 1.88. The number of benzene rings is 1. The zero-order valence-corrected chi connectivity index (χ0v) is 12.6. The second-order valence-electron chi connectivity index (χ2n) is 5.70. The van der Waals surface area contributed by atoms with E-state index in [1.165, 1.54) is 0 Å². The van der Waals surface area contributed by atoms with Gasteiger partial charge in [0.15, 0.2) is 0 Å². The molecule has 0 aromatic heterocycles. The fourth-order valence-electron chi connectivity index (χ4n) is 1.88. The first kappa shape index (κ1) is 15.5. The average Bonchev–Trinajstić information content (AvgIpc) is 2.36. The van der Waals surface area contributed by atoms with Crippen LogP contribution in [0.4, 0.5) is 0 Å². The number of nitrogens with zero attached hydrogens (tertiary/aromatic N) is 1. The summed E-state index contributed by atoms with van der Waals surface area (Å²) in [5.41, 5.74) is 0.952. The molecule has 0 heterocycles. The number of aromatic hydroxyl groups is 1. The first-order chi connectivity index (χ1) is 8.82. The van der Waals surface area contributed by atoms with Crippen molar-refractivity contribution in [3.63, 3.8) is 0 Å². The molecule has 1 amide bonds.